The van der Waals surface area contributed by atoms with Crippen LogP contribution in [0.3, 0.4) is 0 Å². The zero-order chi connectivity index (χ0) is 20.3. The van der Waals surface area contributed by atoms with Crippen molar-refractivity contribution in [3.8, 4) is 0 Å². The zero-order valence-corrected chi connectivity index (χ0v) is 17.3. The van der Waals surface area contributed by atoms with Gasteiger partial charge in [-0.1, -0.05) is 23.7 Å². The van der Waals surface area contributed by atoms with Crippen LogP contribution in [0.4, 0.5) is 11.4 Å². The Morgan fingerprint density at radius 3 is 2.25 bits per heavy atom. The third-order valence-electron chi connectivity index (χ3n) is 5.14. The highest BCUT2D eigenvalue weighted by molar-refractivity contribution is 6.30. The molecule has 5 nitrogen and oxygen atoms in total. The van der Waals surface area contributed by atoms with Crippen LogP contribution >= 0.6 is 11.6 Å². The van der Waals surface area contributed by atoms with E-state index in [0.717, 1.165) is 13.1 Å². The van der Waals surface area contributed by atoms with Gasteiger partial charge in [0.1, 0.15) is 5.41 Å². The van der Waals surface area contributed by atoms with Crippen LogP contribution in [-0.2, 0) is 9.59 Å². The van der Waals surface area contributed by atoms with Crippen molar-refractivity contribution in [3.63, 3.8) is 0 Å². The van der Waals surface area contributed by atoms with E-state index < -0.39 is 5.41 Å². The maximum absolute atomic E-state index is 13.0. The number of hydrogen-bond donors (Lipinski definition) is 1. The summed E-state index contributed by atoms with van der Waals surface area (Å²) in [4.78, 5) is 29.8. The Labute approximate surface area is 171 Å². The largest absolute Gasteiger partial charge is 0.368 e. The summed E-state index contributed by atoms with van der Waals surface area (Å²) < 4.78 is 0. The van der Waals surface area contributed by atoms with E-state index in [4.69, 9.17) is 11.6 Å². The lowest BCUT2D eigenvalue weighted by Gasteiger charge is -2.39. The van der Waals surface area contributed by atoms with E-state index in [-0.39, 0.29) is 11.8 Å². The molecule has 0 bridgehead atoms. The van der Waals surface area contributed by atoms with Crippen LogP contribution in [0.2, 0.25) is 5.02 Å². The van der Waals surface area contributed by atoms with Gasteiger partial charge < -0.3 is 15.1 Å². The van der Waals surface area contributed by atoms with E-state index in [1.807, 2.05) is 6.07 Å². The summed E-state index contributed by atoms with van der Waals surface area (Å²) in [5.41, 5.74) is 1.87. The molecule has 2 aromatic carbocycles. The van der Waals surface area contributed by atoms with Crippen LogP contribution in [0.25, 0.3) is 0 Å². The van der Waals surface area contributed by atoms with Crippen molar-refractivity contribution >= 4 is 34.8 Å². The molecule has 0 spiro atoms. The van der Waals surface area contributed by atoms with E-state index in [1.165, 1.54) is 11.3 Å². The molecule has 148 valence electrons. The number of nitrogens with one attached hydrogen (secondary N) is 1. The number of carbonyl (C=O) groups is 2. The molecule has 1 aliphatic rings. The predicted molar refractivity (Wildman–Crippen MR) is 114 cm³/mol. The maximum atomic E-state index is 13.0. The summed E-state index contributed by atoms with van der Waals surface area (Å²) in [5.74, 6) is -0.469. The van der Waals surface area contributed by atoms with Crippen LogP contribution in [0.1, 0.15) is 19.4 Å². The minimum Gasteiger partial charge on any atom is -0.368 e. The number of halogens is 1. The first-order chi connectivity index (χ1) is 13.3. The summed E-state index contributed by atoms with van der Waals surface area (Å²) in [5, 5.41) is 3.41. The Morgan fingerprint density at radius 2 is 1.64 bits per heavy atom. The SMILES string of the molecule is Cc1cccc(N2CCN(C(=O)C(C)(C)C(=O)Nc3ccc(Cl)cc3)CC2)c1. The fraction of sp³-hybridized carbons (Fsp3) is 0.364. The summed E-state index contributed by atoms with van der Waals surface area (Å²) in [6.07, 6.45) is 0. The molecule has 0 aliphatic carbocycles. The smallest absolute Gasteiger partial charge is 0.239 e. The van der Waals surface area contributed by atoms with Crippen LogP contribution in [0.5, 0.6) is 0 Å². The summed E-state index contributed by atoms with van der Waals surface area (Å²) in [6, 6.07) is 15.2. The van der Waals surface area contributed by atoms with Gasteiger partial charge >= 0.3 is 0 Å². The first kappa shape index (κ1) is 20.2. The van der Waals surface area contributed by atoms with Crippen molar-refractivity contribution in [3.05, 3.63) is 59.1 Å². The molecule has 0 aromatic heterocycles. The fourth-order valence-corrected chi connectivity index (χ4v) is 3.43. The first-order valence-corrected chi connectivity index (χ1v) is 9.83. The summed E-state index contributed by atoms with van der Waals surface area (Å²) in [6.45, 7) is 8.13. The van der Waals surface area contributed by atoms with E-state index >= 15 is 0 Å². The van der Waals surface area contributed by atoms with Gasteiger partial charge in [0.2, 0.25) is 11.8 Å². The average molecular weight is 400 g/mol. The second-order valence-electron chi connectivity index (χ2n) is 7.70. The molecule has 1 saturated heterocycles. The maximum Gasteiger partial charge on any atom is 0.239 e. The molecule has 0 unspecified atom stereocenters. The molecule has 0 atom stereocenters. The number of piperazine rings is 1. The predicted octanol–water partition coefficient (Wildman–Crippen LogP) is 3.96. The van der Waals surface area contributed by atoms with Crippen LogP contribution in [0.15, 0.2) is 48.5 Å². The zero-order valence-electron chi connectivity index (χ0n) is 16.5. The Morgan fingerprint density at radius 1 is 1.00 bits per heavy atom. The molecule has 1 fully saturated rings. The number of rotatable bonds is 4. The highest BCUT2D eigenvalue weighted by Gasteiger charge is 2.40. The van der Waals surface area contributed by atoms with E-state index in [1.54, 1.807) is 43.0 Å². The molecule has 28 heavy (non-hydrogen) atoms. The van der Waals surface area contributed by atoms with Crippen molar-refractivity contribution in [2.75, 3.05) is 36.4 Å². The van der Waals surface area contributed by atoms with Gasteiger partial charge in [0.15, 0.2) is 0 Å². The summed E-state index contributed by atoms with van der Waals surface area (Å²) in [7, 11) is 0. The van der Waals surface area contributed by atoms with Crippen molar-refractivity contribution in [1.82, 2.24) is 4.90 Å². The van der Waals surface area contributed by atoms with Gasteiger partial charge in [-0.2, -0.15) is 0 Å². The molecule has 2 aromatic rings. The van der Waals surface area contributed by atoms with Crippen molar-refractivity contribution in [2.45, 2.75) is 20.8 Å². The van der Waals surface area contributed by atoms with E-state index in [2.05, 4.69) is 35.3 Å². The lowest BCUT2D eigenvalue weighted by atomic mass is 9.89. The number of amides is 2. The van der Waals surface area contributed by atoms with Crippen LogP contribution in [-0.4, -0.2) is 42.9 Å². The molecule has 6 heteroatoms. The minimum absolute atomic E-state index is 0.150. The van der Waals surface area contributed by atoms with Gasteiger partial charge in [0.25, 0.3) is 0 Å². The number of hydrogen-bond acceptors (Lipinski definition) is 3. The van der Waals surface area contributed by atoms with Crippen molar-refractivity contribution in [2.24, 2.45) is 5.41 Å². The van der Waals surface area contributed by atoms with Gasteiger partial charge in [-0.15, -0.1) is 0 Å². The van der Waals surface area contributed by atoms with Gasteiger partial charge in [-0.05, 0) is 62.7 Å². The minimum atomic E-state index is -1.15. The Kier molecular flexibility index (Phi) is 5.94. The lowest BCUT2D eigenvalue weighted by molar-refractivity contribution is -0.146. The van der Waals surface area contributed by atoms with Crippen LogP contribution in [0, 0.1) is 12.3 Å². The monoisotopic (exact) mass is 399 g/mol. The Balaban J connectivity index is 1.61. The second kappa shape index (κ2) is 8.23. The Hall–Kier alpha value is -2.53. The fourth-order valence-electron chi connectivity index (χ4n) is 3.31. The standard InChI is InChI=1S/C22H26ClN3O2/c1-16-5-4-6-19(15-16)25-11-13-26(14-12-25)21(28)22(2,3)20(27)24-18-9-7-17(23)8-10-18/h4-10,15H,11-14H2,1-3H3,(H,24,27). The van der Waals surface area contributed by atoms with Gasteiger partial charge in [0.05, 0.1) is 0 Å². The highest BCUT2D eigenvalue weighted by Crippen LogP contribution is 2.25. The number of anilines is 2. The van der Waals surface area contributed by atoms with E-state index in [0.29, 0.717) is 23.8 Å². The average Bonchev–Trinajstić information content (AvgIpc) is 2.69. The van der Waals surface area contributed by atoms with Crippen molar-refractivity contribution in [1.29, 1.82) is 0 Å². The van der Waals surface area contributed by atoms with Crippen molar-refractivity contribution < 1.29 is 9.59 Å². The molecule has 0 radical (unpaired) electrons. The molecule has 2 amide bonds. The second-order valence-corrected chi connectivity index (χ2v) is 8.14. The third kappa shape index (κ3) is 4.47. The van der Waals surface area contributed by atoms with Gasteiger partial charge in [-0.3, -0.25) is 9.59 Å². The molecule has 1 heterocycles. The highest BCUT2D eigenvalue weighted by atomic mass is 35.5. The van der Waals surface area contributed by atoms with Gasteiger partial charge in [-0.25, -0.2) is 0 Å². The first-order valence-electron chi connectivity index (χ1n) is 9.45. The number of carbonyl (C=O) groups excluding carboxylic acids is 2. The van der Waals surface area contributed by atoms with Gasteiger partial charge in [0, 0.05) is 42.6 Å². The third-order valence-corrected chi connectivity index (χ3v) is 5.39. The topological polar surface area (TPSA) is 52.7 Å². The molecule has 1 N–H and O–H groups in total. The molecular formula is C22H26ClN3O2. The number of benzene rings is 2. The molecular weight excluding hydrogens is 374 g/mol. The molecule has 0 saturated carbocycles. The Bertz CT molecular complexity index is 856. The molecule has 3 rings (SSSR count). The van der Waals surface area contributed by atoms with Crippen LogP contribution < -0.4 is 10.2 Å². The number of aryl methyl sites for hydroxylation is 1. The quantitative estimate of drug-likeness (QED) is 0.791. The summed E-state index contributed by atoms with van der Waals surface area (Å²) >= 11 is 5.88. The number of nitrogens with zero attached hydrogens (tertiary/aromatic N) is 2. The van der Waals surface area contributed by atoms with E-state index in [9.17, 15) is 9.59 Å². The lowest BCUT2D eigenvalue weighted by Crippen LogP contribution is -2.54. The normalized spacial score (nSPS) is 14.7. The molecule has 1 aliphatic heterocycles.